The van der Waals surface area contributed by atoms with Crippen LogP contribution in [0.25, 0.3) is 0 Å². The Balaban J connectivity index is 2.06. The number of alkyl halides is 3. The summed E-state index contributed by atoms with van der Waals surface area (Å²) in [6.07, 6.45) is -1.02. The summed E-state index contributed by atoms with van der Waals surface area (Å²) < 4.78 is -0.831. The molecule has 0 unspecified atom stereocenters. The molecule has 0 aromatic heterocycles. The Morgan fingerprint density at radius 1 is 1.00 bits per heavy atom. The number of amides is 1. The van der Waals surface area contributed by atoms with Gasteiger partial charge in [0, 0.05) is 9.13 Å². The minimum absolute atomic E-state index is 0.216. The summed E-state index contributed by atoms with van der Waals surface area (Å²) in [6.45, 7) is 0. The molecule has 1 atom stereocenters. The first-order valence-corrected chi connectivity index (χ1v) is 9.64. The fourth-order valence-corrected chi connectivity index (χ4v) is 2.93. The second-order valence-electron chi connectivity index (χ2n) is 4.89. The van der Waals surface area contributed by atoms with E-state index in [1.54, 1.807) is 24.3 Å². The maximum Gasteiger partial charge on any atom is 0.252 e. The van der Waals surface area contributed by atoms with Crippen LogP contribution in [0.3, 0.4) is 0 Å². The van der Waals surface area contributed by atoms with Crippen LogP contribution in [-0.4, -0.2) is 21.0 Å². The van der Waals surface area contributed by atoms with Crippen LogP contribution in [-0.2, 0) is 0 Å². The number of nitrogens with one attached hydrogen (secondary N) is 3. The molecule has 25 heavy (non-hydrogen) atoms. The van der Waals surface area contributed by atoms with Crippen LogP contribution < -0.4 is 16.0 Å². The van der Waals surface area contributed by atoms with E-state index in [2.05, 4.69) is 38.5 Å². The number of anilines is 1. The first-order chi connectivity index (χ1) is 11.8. The molecule has 2 aromatic rings. The molecular formula is C16H13Cl3IN3OS. The fourth-order valence-electron chi connectivity index (χ4n) is 1.86. The Kier molecular flexibility index (Phi) is 7.57. The predicted molar refractivity (Wildman–Crippen MR) is 117 cm³/mol. The summed E-state index contributed by atoms with van der Waals surface area (Å²) in [5.74, 6) is -0.387. The number of rotatable bonds is 4. The monoisotopic (exact) mass is 527 g/mol. The van der Waals surface area contributed by atoms with Crippen LogP contribution >= 0.6 is 69.6 Å². The third kappa shape index (κ3) is 6.45. The first-order valence-electron chi connectivity index (χ1n) is 7.02. The molecule has 0 fully saturated rings. The van der Waals surface area contributed by atoms with E-state index in [9.17, 15) is 4.79 Å². The van der Waals surface area contributed by atoms with E-state index in [1.807, 2.05) is 30.3 Å². The lowest BCUT2D eigenvalue weighted by Gasteiger charge is -2.28. The van der Waals surface area contributed by atoms with Crippen molar-refractivity contribution in [3.63, 3.8) is 0 Å². The molecule has 0 aliphatic heterocycles. The third-order valence-electron chi connectivity index (χ3n) is 3.04. The highest BCUT2D eigenvalue weighted by molar-refractivity contribution is 14.1. The van der Waals surface area contributed by atoms with Gasteiger partial charge >= 0.3 is 0 Å². The highest BCUT2D eigenvalue weighted by Crippen LogP contribution is 2.29. The lowest BCUT2D eigenvalue weighted by Crippen LogP contribution is -2.56. The Bertz CT molecular complexity index is 756. The maximum absolute atomic E-state index is 12.3. The zero-order valence-corrected chi connectivity index (χ0v) is 17.8. The normalized spacial score (nSPS) is 12.2. The molecule has 2 aromatic carbocycles. The maximum atomic E-state index is 12.3. The van der Waals surface area contributed by atoms with Gasteiger partial charge in [-0.05, 0) is 59.1 Å². The minimum Gasteiger partial charge on any atom is -0.339 e. The summed E-state index contributed by atoms with van der Waals surface area (Å²) in [4.78, 5) is 12.3. The molecule has 132 valence electrons. The van der Waals surface area contributed by atoms with Crippen LogP contribution in [0.5, 0.6) is 0 Å². The van der Waals surface area contributed by atoms with Gasteiger partial charge in [0.05, 0.1) is 5.69 Å². The average Bonchev–Trinajstić information content (AvgIpc) is 2.56. The van der Waals surface area contributed by atoms with E-state index in [-0.39, 0.29) is 11.0 Å². The van der Waals surface area contributed by atoms with Crippen molar-refractivity contribution in [3.05, 3.63) is 63.7 Å². The van der Waals surface area contributed by atoms with Crippen molar-refractivity contribution in [2.24, 2.45) is 0 Å². The highest BCUT2D eigenvalue weighted by Gasteiger charge is 2.34. The molecule has 3 N–H and O–H groups in total. The lowest BCUT2D eigenvalue weighted by atomic mass is 10.2. The number of halogens is 4. The smallest absolute Gasteiger partial charge is 0.252 e. The molecule has 0 saturated heterocycles. The van der Waals surface area contributed by atoms with Crippen LogP contribution in [0.4, 0.5) is 5.69 Å². The van der Waals surface area contributed by atoms with Gasteiger partial charge in [-0.3, -0.25) is 4.79 Å². The van der Waals surface area contributed by atoms with Crippen molar-refractivity contribution in [3.8, 4) is 0 Å². The summed E-state index contributed by atoms with van der Waals surface area (Å²) in [6, 6.07) is 16.2. The lowest BCUT2D eigenvalue weighted by molar-refractivity contribution is 0.0934. The number of hydrogen-bond acceptors (Lipinski definition) is 2. The number of para-hydroxylation sites is 1. The quantitative estimate of drug-likeness (QED) is 0.233. The van der Waals surface area contributed by atoms with Gasteiger partial charge in [0.15, 0.2) is 5.11 Å². The first kappa shape index (κ1) is 20.5. The Labute approximate surface area is 179 Å². The van der Waals surface area contributed by atoms with Gasteiger partial charge in [0.2, 0.25) is 3.79 Å². The molecule has 0 bridgehead atoms. The zero-order valence-electron chi connectivity index (χ0n) is 12.6. The van der Waals surface area contributed by atoms with Gasteiger partial charge in [-0.25, -0.2) is 0 Å². The SMILES string of the molecule is O=C(N[C@@H](NC(=S)Nc1ccccc1I)C(Cl)(Cl)Cl)c1ccccc1. The minimum atomic E-state index is -1.81. The van der Waals surface area contributed by atoms with Crippen LogP contribution in [0.1, 0.15) is 10.4 Å². The van der Waals surface area contributed by atoms with E-state index in [1.165, 1.54) is 0 Å². The van der Waals surface area contributed by atoms with E-state index >= 15 is 0 Å². The average molecular weight is 529 g/mol. The second kappa shape index (κ2) is 9.23. The fraction of sp³-hybridized carbons (Fsp3) is 0.125. The molecular weight excluding hydrogens is 516 g/mol. The molecule has 1 amide bonds. The largest absolute Gasteiger partial charge is 0.339 e. The summed E-state index contributed by atoms with van der Waals surface area (Å²) >= 11 is 25.4. The number of thiocarbonyl (C=S) groups is 1. The molecule has 0 aliphatic carbocycles. The zero-order chi connectivity index (χ0) is 18.4. The predicted octanol–water partition coefficient (Wildman–Crippen LogP) is 4.70. The van der Waals surface area contributed by atoms with E-state index < -0.39 is 9.96 Å². The molecule has 0 heterocycles. The van der Waals surface area contributed by atoms with Crippen LogP contribution in [0.2, 0.25) is 0 Å². The van der Waals surface area contributed by atoms with Crippen molar-refractivity contribution in [2.75, 3.05) is 5.32 Å². The van der Waals surface area contributed by atoms with E-state index in [4.69, 9.17) is 47.0 Å². The second-order valence-corrected chi connectivity index (χ2v) is 8.83. The third-order valence-corrected chi connectivity index (χ3v) is 4.85. The van der Waals surface area contributed by atoms with Gasteiger partial charge < -0.3 is 16.0 Å². The summed E-state index contributed by atoms with van der Waals surface area (Å²) in [5, 5.41) is 8.68. The van der Waals surface area contributed by atoms with Crippen molar-refractivity contribution >= 4 is 86.3 Å². The molecule has 2 rings (SSSR count). The Hall–Kier alpha value is -0.800. The van der Waals surface area contributed by atoms with Crippen molar-refractivity contribution in [2.45, 2.75) is 9.96 Å². The van der Waals surface area contributed by atoms with Gasteiger partial charge in [-0.2, -0.15) is 0 Å². The Morgan fingerprint density at radius 3 is 2.20 bits per heavy atom. The summed E-state index contributed by atoms with van der Waals surface area (Å²) in [7, 11) is 0. The number of carbonyl (C=O) groups excluding carboxylic acids is 1. The van der Waals surface area contributed by atoms with Gasteiger partial charge in [0.1, 0.15) is 6.17 Å². The molecule has 4 nitrogen and oxygen atoms in total. The van der Waals surface area contributed by atoms with Gasteiger partial charge in [-0.1, -0.05) is 65.1 Å². The van der Waals surface area contributed by atoms with Crippen molar-refractivity contribution in [1.29, 1.82) is 0 Å². The van der Waals surface area contributed by atoms with Gasteiger partial charge in [-0.15, -0.1) is 0 Å². The molecule has 0 aliphatic rings. The molecule has 9 heteroatoms. The summed E-state index contributed by atoms with van der Waals surface area (Å²) in [5.41, 5.74) is 1.25. The number of carbonyl (C=O) groups is 1. The highest BCUT2D eigenvalue weighted by atomic mass is 127. The molecule has 0 saturated carbocycles. The Morgan fingerprint density at radius 2 is 1.60 bits per heavy atom. The number of benzene rings is 2. The van der Waals surface area contributed by atoms with Crippen LogP contribution in [0, 0.1) is 3.57 Å². The van der Waals surface area contributed by atoms with Gasteiger partial charge in [0.25, 0.3) is 5.91 Å². The van der Waals surface area contributed by atoms with E-state index in [0.717, 1.165) is 9.26 Å². The number of hydrogen-bond donors (Lipinski definition) is 3. The van der Waals surface area contributed by atoms with Crippen molar-refractivity contribution in [1.82, 2.24) is 10.6 Å². The topological polar surface area (TPSA) is 53.2 Å². The van der Waals surface area contributed by atoms with Crippen LogP contribution in [0.15, 0.2) is 54.6 Å². The van der Waals surface area contributed by atoms with Crippen molar-refractivity contribution < 1.29 is 4.79 Å². The standard InChI is InChI=1S/C16H13Cl3IN3OS/c17-16(18,19)14(22-13(24)10-6-2-1-3-7-10)23-15(25)21-12-9-5-4-8-11(12)20/h1-9,14H,(H,22,24)(H2,21,23,25)/t14-/m0/s1. The molecule has 0 radical (unpaired) electrons. The molecule has 0 spiro atoms. The van der Waals surface area contributed by atoms with E-state index in [0.29, 0.717) is 5.56 Å².